The second-order valence-corrected chi connectivity index (χ2v) is 15.7. The van der Waals surface area contributed by atoms with Crippen molar-refractivity contribution in [3.63, 3.8) is 0 Å². The molecule has 2 nitrogen and oxygen atoms in total. The largest absolute Gasteiger partial charge is 0.310 e. The summed E-state index contributed by atoms with van der Waals surface area (Å²) in [5.74, 6) is 0. The van der Waals surface area contributed by atoms with Gasteiger partial charge in [-0.3, -0.25) is 0 Å². The van der Waals surface area contributed by atoms with Crippen molar-refractivity contribution in [2.75, 3.05) is 4.90 Å². The Bertz CT molecular complexity index is 3380. The normalized spacial score (nSPS) is 14.5. The quantitative estimate of drug-likeness (QED) is 0.164. The van der Waals surface area contributed by atoms with Crippen molar-refractivity contribution in [1.82, 2.24) is 4.57 Å². The van der Waals surface area contributed by atoms with Gasteiger partial charge in [0.2, 0.25) is 0 Å². The van der Waals surface area contributed by atoms with Gasteiger partial charge in [0.05, 0.1) is 16.4 Å². The van der Waals surface area contributed by atoms with E-state index >= 15 is 0 Å². The number of aromatic nitrogens is 1. The van der Waals surface area contributed by atoms with Crippen molar-refractivity contribution >= 4 is 60.4 Å². The van der Waals surface area contributed by atoms with E-state index in [1.165, 1.54) is 76.7 Å². The topological polar surface area (TPSA) is 8.17 Å². The molecule has 276 valence electrons. The van der Waals surface area contributed by atoms with Crippen LogP contribution in [0.15, 0.2) is 231 Å². The highest BCUT2D eigenvalue weighted by Crippen LogP contribution is 2.58. The molecule has 0 saturated carbocycles. The van der Waals surface area contributed by atoms with E-state index in [0.717, 1.165) is 22.7 Å². The van der Waals surface area contributed by atoms with Gasteiger partial charge in [0, 0.05) is 33.5 Å². The highest BCUT2D eigenvalue weighted by molar-refractivity contribution is 6.11. The van der Waals surface area contributed by atoms with Gasteiger partial charge in [-0.05, 0) is 134 Å². The van der Waals surface area contributed by atoms with Gasteiger partial charge in [-0.25, -0.2) is 0 Å². The number of fused-ring (bicyclic) bond motifs is 8. The van der Waals surface area contributed by atoms with Gasteiger partial charge in [0.1, 0.15) is 0 Å². The van der Waals surface area contributed by atoms with Gasteiger partial charge in [-0.15, -0.1) is 0 Å². The van der Waals surface area contributed by atoms with Crippen LogP contribution in [0.25, 0.3) is 60.2 Å². The van der Waals surface area contributed by atoms with E-state index in [0.29, 0.717) is 0 Å². The molecule has 11 aromatic rings. The molecule has 0 amide bonds. The molecule has 1 heterocycles. The van der Waals surface area contributed by atoms with Gasteiger partial charge < -0.3 is 9.47 Å². The first-order valence-electron chi connectivity index (χ1n) is 20.4. The van der Waals surface area contributed by atoms with E-state index in [4.69, 9.17) is 0 Å². The molecule has 10 aromatic carbocycles. The molecule has 0 aliphatic heterocycles. The Morgan fingerprint density at radius 2 is 0.898 bits per heavy atom. The Hall–Kier alpha value is -7.68. The SMILES string of the molecule is c1ccc(N(c2ccc3c(c2)C(c2ccccc2)(c2ccc4ccccc4c2)c2cc4ccccc4cc2-3)c2ccc3c(c2)c2ccccc2n3-c2ccccc2)cc1. The summed E-state index contributed by atoms with van der Waals surface area (Å²) in [7, 11) is 0. The molecule has 0 spiro atoms. The van der Waals surface area contributed by atoms with Crippen LogP contribution in [0, 0.1) is 0 Å². The summed E-state index contributed by atoms with van der Waals surface area (Å²) < 4.78 is 2.38. The summed E-state index contributed by atoms with van der Waals surface area (Å²) in [6, 6.07) is 85.1. The number of hydrogen-bond acceptors (Lipinski definition) is 1. The summed E-state index contributed by atoms with van der Waals surface area (Å²) in [6.07, 6.45) is 0. The average molecular weight is 751 g/mol. The minimum absolute atomic E-state index is 0.578. The molecule has 0 N–H and O–H groups in total. The lowest BCUT2D eigenvalue weighted by atomic mass is 9.67. The van der Waals surface area contributed by atoms with Crippen molar-refractivity contribution < 1.29 is 0 Å². The Morgan fingerprint density at radius 3 is 1.68 bits per heavy atom. The smallest absolute Gasteiger partial charge is 0.0714 e. The molecule has 0 fully saturated rings. The Kier molecular flexibility index (Phi) is 7.48. The lowest BCUT2D eigenvalue weighted by molar-refractivity contribution is 0.771. The Morgan fingerprint density at radius 1 is 0.322 bits per heavy atom. The lowest BCUT2D eigenvalue weighted by Gasteiger charge is -2.35. The van der Waals surface area contributed by atoms with Gasteiger partial charge >= 0.3 is 0 Å². The number of rotatable bonds is 6. The number of benzene rings is 10. The number of para-hydroxylation sites is 3. The minimum Gasteiger partial charge on any atom is -0.310 e. The van der Waals surface area contributed by atoms with Crippen LogP contribution in [0.3, 0.4) is 0 Å². The molecular weight excluding hydrogens is 713 g/mol. The molecule has 1 aromatic heterocycles. The first-order chi connectivity index (χ1) is 29.3. The average Bonchev–Trinajstić information content (AvgIpc) is 3.78. The fourth-order valence-corrected chi connectivity index (χ4v) is 10.0. The maximum Gasteiger partial charge on any atom is 0.0714 e. The maximum atomic E-state index is 2.48. The molecule has 59 heavy (non-hydrogen) atoms. The van der Waals surface area contributed by atoms with Crippen LogP contribution >= 0.6 is 0 Å². The van der Waals surface area contributed by atoms with Gasteiger partial charge in [-0.1, -0.05) is 152 Å². The molecule has 2 heteroatoms. The van der Waals surface area contributed by atoms with Gasteiger partial charge in [-0.2, -0.15) is 0 Å². The maximum absolute atomic E-state index is 2.48. The van der Waals surface area contributed by atoms with Crippen molar-refractivity contribution in [2.24, 2.45) is 0 Å². The van der Waals surface area contributed by atoms with E-state index in [1.807, 2.05) is 0 Å². The van der Waals surface area contributed by atoms with E-state index in [-0.39, 0.29) is 0 Å². The fraction of sp³-hybridized carbons (Fsp3) is 0.0175. The first kappa shape index (κ1) is 33.5. The second-order valence-electron chi connectivity index (χ2n) is 15.7. The monoisotopic (exact) mass is 750 g/mol. The van der Waals surface area contributed by atoms with Crippen LogP contribution in [-0.4, -0.2) is 4.57 Å². The molecular formula is C57H38N2. The fourth-order valence-electron chi connectivity index (χ4n) is 10.0. The molecule has 1 atom stereocenters. The summed E-state index contributed by atoms with van der Waals surface area (Å²) in [5, 5.41) is 7.42. The molecule has 12 rings (SSSR count). The highest BCUT2D eigenvalue weighted by Gasteiger charge is 2.47. The number of nitrogens with zero attached hydrogens (tertiary/aromatic N) is 2. The first-order valence-corrected chi connectivity index (χ1v) is 20.4. The Labute approximate surface area is 343 Å². The van der Waals surface area contributed by atoms with Crippen LogP contribution < -0.4 is 4.90 Å². The third kappa shape index (κ3) is 5.06. The van der Waals surface area contributed by atoms with Gasteiger partial charge in [0.25, 0.3) is 0 Å². The van der Waals surface area contributed by atoms with E-state index in [2.05, 4.69) is 240 Å². The van der Waals surface area contributed by atoms with Crippen LogP contribution in [0.1, 0.15) is 22.3 Å². The van der Waals surface area contributed by atoms with Crippen LogP contribution in [-0.2, 0) is 5.41 Å². The minimum atomic E-state index is -0.578. The predicted octanol–water partition coefficient (Wildman–Crippen LogP) is 14.9. The van der Waals surface area contributed by atoms with Crippen molar-refractivity contribution in [2.45, 2.75) is 5.41 Å². The van der Waals surface area contributed by atoms with Crippen LogP contribution in [0.2, 0.25) is 0 Å². The summed E-state index contributed by atoms with van der Waals surface area (Å²) >= 11 is 0. The van der Waals surface area contributed by atoms with Crippen LogP contribution in [0.4, 0.5) is 17.1 Å². The molecule has 0 saturated heterocycles. The summed E-state index contributed by atoms with van der Waals surface area (Å²) in [5.41, 5.74) is 13.9. The molecule has 0 radical (unpaired) electrons. The van der Waals surface area contributed by atoms with Crippen molar-refractivity contribution in [3.05, 3.63) is 253 Å². The number of hydrogen-bond donors (Lipinski definition) is 0. The number of anilines is 3. The van der Waals surface area contributed by atoms with Gasteiger partial charge in [0.15, 0.2) is 0 Å². The standard InChI is InChI=1S/C57H38N2/c1-4-20-43(21-5-1)57(44-29-28-39-16-10-11-17-40(39)34-44)53-36-42-19-13-12-18-41(42)35-51(53)49-32-30-48(38-54(49)57)58(45-22-6-2-7-23-45)47-31-33-56-52(37-47)50-26-14-15-27-55(50)59(56)46-24-8-3-9-25-46/h1-38H. The highest BCUT2D eigenvalue weighted by atomic mass is 15.1. The molecule has 1 aliphatic rings. The van der Waals surface area contributed by atoms with Crippen molar-refractivity contribution in [1.29, 1.82) is 0 Å². The zero-order valence-electron chi connectivity index (χ0n) is 32.3. The Balaban J connectivity index is 1.14. The van der Waals surface area contributed by atoms with Crippen LogP contribution in [0.5, 0.6) is 0 Å². The summed E-state index contributed by atoms with van der Waals surface area (Å²) in [4.78, 5) is 2.43. The van der Waals surface area contributed by atoms with E-state index in [1.54, 1.807) is 0 Å². The molecule has 1 unspecified atom stereocenters. The third-order valence-corrected chi connectivity index (χ3v) is 12.6. The van der Waals surface area contributed by atoms with Crippen molar-refractivity contribution in [3.8, 4) is 16.8 Å². The second kappa shape index (κ2) is 13.2. The lowest BCUT2D eigenvalue weighted by Crippen LogP contribution is -2.29. The summed E-state index contributed by atoms with van der Waals surface area (Å²) in [6.45, 7) is 0. The molecule has 0 bridgehead atoms. The molecule has 1 aliphatic carbocycles. The zero-order chi connectivity index (χ0) is 38.9. The zero-order valence-corrected chi connectivity index (χ0v) is 32.3. The van der Waals surface area contributed by atoms with E-state index < -0.39 is 5.41 Å². The third-order valence-electron chi connectivity index (χ3n) is 12.6. The predicted molar refractivity (Wildman–Crippen MR) is 248 cm³/mol. The van der Waals surface area contributed by atoms with E-state index in [9.17, 15) is 0 Å².